The third kappa shape index (κ3) is 4.55. The molecule has 2 aromatic heterocycles. The van der Waals surface area contributed by atoms with Crippen molar-refractivity contribution in [2.75, 3.05) is 4.90 Å². The van der Waals surface area contributed by atoms with E-state index in [9.17, 15) is 0 Å². The summed E-state index contributed by atoms with van der Waals surface area (Å²) in [5, 5.41) is 7.31. The van der Waals surface area contributed by atoms with Crippen LogP contribution in [0.25, 0.3) is 75.1 Å². The topological polar surface area (TPSA) is 16.4 Å². The first-order chi connectivity index (χ1) is 24.3. The van der Waals surface area contributed by atoms with Gasteiger partial charge in [0.05, 0.1) is 10.4 Å². The number of benzene rings is 8. The molecule has 0 saturated heterocycles. The minimum absolute atomic E-state index is 0.910. The molecule has 0 N–H and O–H groups in total. The van der Waals surface area contributed by atoms with E-state index < -0.39 is 0 Å². The Bertz CT molecular complexity index is 2810. The molecule has 49 heavy (non-hydrogen) atoms. The number of para-hydroxylation sites is 1. The molecule has 0 spiro atoms. The molecule has 230 valence electrons. The first kappa shape index (κ1) is 27.9. The highest BCUT2D eigenvalue weighted by atomic mass is 32.1. The van der Waals surface area contributed by atoms with Crippen molar-refractivity contribution in [2.24, 2.45) is 0 Å². The highest BCUT2D eigenvalue weighted by Gasteiger charge is 2.20. The van der Waals surface area contributed by atoms with Crippen LogP contribution in [-0.2, 0) is 0 Å². The normalized spacial score (nSPS) is 11.7. The zero-order valence-corrected chi connectivity index (χ0v) is 27.3. The Labute approximate surface area is 287 Å². The van der Waals surface area contributed by atoms with Gasteiger partial charge in [0.1, 0.15) is 11.2 Å². The molecule has 2 nitrogen and oxygen atoms in total. The Hall–Kier alpha value is -6.16. The third-order valence-electron chi connectivity index (χ3n) is 9.66. The zero-order valence-electron chi connectivity index (χ0n) is 26.5. The number of thiophene rings is 1. The van der Waals surface area contributed by atoms with E-state index in [1.54, 1.807) is 0 Å². The lowest BCUT2D eigenvalue weighted by molar-refractivity contribution is 0.670. The van der Waals surface area contributed by atoms with Crippen LogP contribution in [0.1, 0.15) is 0 Å². The molecule has 0 bridgehead atoms. The van der Waals surface area contributed by atoms with Gasteiger partial charge in [0, 0.05) is 43.2 Å². The molecule has 2 heterocycles. The lowest BCUT2D eigenvalue weighted by Gasteiger charge is -2.26. The molecule has 0 saturated carbocycles. The summed E-state index contributed by atoms with van der Waals surface area (Å²) in [4.78, 5) is 2.40. The van der Waals surface area contributed by atoms with Crippen LogP contribution in [-0.4, -0.2) is 0 Å². The van der Waals surface area contributed by atoms with Crippen LogP contribution in [0, 0.1) is 0 Å². The maximum absolute atomic E-state index is 6.58. The van der Waals surface area contributed by atoms with Crippen molar-refractivity contribution in [2.45, 2.75) is 0 Å². The lowest BCUT2D eigenvalue weighted by Crippen LogP contribution is -2.10. The van der Waals surface area contributed by atoms with Crippen molar-refractivity contribution in [1.82, 2.24) is 0 Å². The van der Waals surface area contributed by atoms with Gasteiger partial charge in [-0.25, -0.2) is 0 Å². The van der Waals surface area contributed by atoms with Crippen LogP contribution in [0.2, 0.25) is 0 Å². The van der Waals surface area contributed by atoms with Gasteiger partial charge in [0.2, 0.25) is 0 Å². The maximum Gasteiger partial charge on any atom is 0.143 e. The summed E-state index contributed by atoms with van der Waals surface area (Å²) in [6.45, 7) is 0. The Morgan fingerprint density at radius 1 is 0.449 bits per heavy atom. The Morgan fingerprint density at radius 3 is 1.86 bits per heavy atom. The molecule has 0 unspecified atom stereocenters. The maximum atomic E-state index is 6.58. The number of fused-ring (bicyclic) bond motifs is 8. The fraction of sp³-hybridized carbons (Fsp3) is 0. The molecule has 0 fully saturated rings. The largest absolute Gasteiger partial charge is 0.455 e. The summed E-state index contributed by atoms with van der Waals surface area (Å²) in [6.07, 6.45) is 0. The quantitative estimate of drug-likeness (QED) is 0.186. The zero-order chi connectivity index (χ0) is 32.3. The average molecular weight is 644 g/mol. The molecule has 0 radical (unpaired) electrons. The number of hydrogen-bond donors (Lipinski definition) is 0. The standard InChI is InChI=1S/C46H29NOS/c1-2-11-30(12-3-1)31-21-25-34(26-22-31)47(41-18-10-17-38-37-15-7-9-20-43(37)49-46(38)41)35-27-23-32(24-28-35)40-29-33-13-4-5-14-36(33)44-39-16-6-8-19-42(39)48-45(40)44/h1-29H. The molecule has 8 aromatic carbocycles. The molecule has 10 rings (SSSR count). The Kier molecular flexibility index (Phi) is 6.39. The second-order valence-electron chi connectivity index (χ2n) is 12.5. The van der Waals surface area contributed by atoms with Crippen molar-refractivity contribution in [1.29, 1.82) is 0 Å². The molecular formula is C46H29NOS. The van der Waals surface area contributed by atoms with Crippen LogP contribution >= 0.6 is 11.3 Å². The average Bonchev–Trinajstić information content (AvgIpc) is 3.76. The summed E-state index contributed by atoms with van der Waals surface area (Å²) in [5.74, 6) is 0. The van der Waals surface area contributed by atoms with Crippen molar-refractivity contribution >= 4 is 81.3 Å². The minimum Gasteiger partial charge on any atom is -0.455 e. The number of furan rings is 1. The minimum atomic E-state index is 0.910. The van der Waals surface area contributed by atoms with Crippen LogP contribution < -0.4 is 4.90 Å². The van der Waals surface area contributed by atoms with Crippen LogP contribution in [0.15, 0.2) is 180 Å². The van der Waals surface area contributed by atoms with Crippen molar-refractivity contribution in [3.05, 3.63) is 176 Å². The molecule has 3 heteroatoms. The van der Waals surface area contributed by atoms with Gasteiger partial charge in [0.15, 0.2) is 0 Å². The fourth-order valence-electron chi connectivity index (χ4n) is 7.35. The smallest absolute Gasteiger partial charge is 0.143 e. The SMILES string of the molecule is c1ccc(-c2ccc(N(c3ccc(-c4cc5ccccc5c5c4oc4ccccc45)cc3)c3cccc4c3sc3ccccc34)cc2)cc1. The van der Waals surface area contributed by atoms with Gasteiger partial charge in [-0.1, -0.05) is 127 Å². The van der Waals surface area contributed by atoms with Crippen molar-refractivity contribution in [3.8, 4) is 22.3 Å². The summed E-state index contributed by atoms with van der Waals surface area (Å²) in [6, 6.07) is 63.1. The monoisotopic (exact) mass is 643 g/mol. The first-order valence-electron chi connectivity index (χ1n) is 16.6. The molecule has 0 aliphatic carbocycles. The number of rotatable bonds is 5. The molecule has 0 amide bonds. The van der Waals surface area contributed by atoms with Gasteiger partial charge in [-0.2, -0.15) is 0 Å². The van der Waals surface area contributed by atoms with E-state index in [0.29, 0.717) is 0 Å². The van der Waals surface area contributed by atoms with Gasteiger partial charge in [-0.05, 0) is 76.0 Å². The predicted octanol–water partition coefficient (Wildman–Crippen LogP) is 13.9. The van der Waals surface area contributed by atoms with Gasteiger partial charge in [-0.3, -0.25) is 0 Å². The van der Waals surface area contributed by atoms with E-state index in [4.69, 9.17) is 4.42 Å². The molecule has 10 aromatic rings. The van der Waals surface area contributed by atoms with E-state index in [1.807, 2.05) is 17.4 Å². The van der Waals surface area contributed by atoms with Crippen LogP contribution in [0.4, 0.5) is 17.1 Å². The fourth-order valence-corrected chi connectivity index (χ4v) is 8.55. The molecule has 0 atom stereocenters. The van der Waals surface area contributed by atoms with E-state index in [1.165, 1.54) is 53.1 Å². The Balaban J connectivity index is 1.15. The van der Waals surface area contributed by atoms with Gasteiger partial charge in [-0.15, -0.1) is 11.3 Å². The summed E-state index contributed by atoms with van der Waals surface area (Å²) in [5.41, 5.74) is 9.86. The second kappa shape index (κ2) is 11.2. The van der Waals surface area contributed by atoms with Crippen molar-refractivity contribution in [3.63, 3.8) is 0 Å². The van der Waals surface area contributed by atoms with E-state index in [2.05, 4.69) is 175 Å². The second-order valence-corrected chi connectivity index (χ2v) is 13.5. The van der Waals surface area contributed by atoms with Crippen LogP contribution in [0.3, 0.4) is 0 Å². The van der Waals surface area contributed by atoms with E-state index >= 15 is 0 Å². The highest BCUT2D eigenvalue weighted by molar-refractivity contribution is 7.26. The van der Waals surface area contributed by atoms with Gasteiger partial charge < -0.3 is 9.32 Å². The summed E-state index contributed by atoms with van der Waals surface area (Å²) < 4.78 is 9.15. The molecule has 0 aliphatic rings. The van der Waals surface area contributed by atoms with Gasteiger partial charge in [0.25, 0.3) is 0 Å². The van der Waals surface area contributed by atoms with E-state index in [0.717, 1.165) is 39.1 Å². The number of anilines is 3. The molecular weight excluding hydrogens is 615 g/mol. The van der Waals surface area contributed by atoms with Crippen LogP contribution in [0.5, 0.6) is 0 Å². The predicted molar refractivity (Wildman–Crippen MR) is 210 cm³/mol. The van der Waals surface area contributed by atoms with Gasteiger partial charge >= 0.3 is 0 Å². The van der Waals surface area contributed by atoms with Crippen molar-refractivity contribution < 1.29 is 4.42 Å². The highest BCUT2D eigenvalue weighted by Crippen LogP contribution is 2.46. The lowest BCUT2D eigenvalue weighted by atomic mass is 9.96. The Morgan fingerprint density at radius 2 is 1.06 bits per heavy atom. The summed E-state index contributed by atoms with van der Waals surface area (Å²) >= 11 is 1.86. The summed E-state index contributed by atoms with van der Waals surface area (Å²) in [7, 11) is 0. The molecule has 0 aliphatic heterocycles. The third-order valence-corrected chi connectivity index (χ3v) is 10.9. The number of nitrogens with zero attached hydrogens (tertiary/aromatic N) is 1. The first-order valence-corrected chi connectivity index (χ1v) is 17.4. The number of hydrogen-bond acceptors (Lipinski definition) is 3. The van der Waals surface area contributed by atoms with E-state index in [-0.39, 0.29) is 0 Å².